The Labute approximate surface area is 454 Å². The molecule has 0 bridgehead atoms. The van der Waals surface area contributed by atoms with Gasteiger partial charge in [-0.05, 0) is 74.5 Å². The third kappa shape index (κ3) is 11.5. The highest BCUT2D eigenvalue weighted by atomic mass is 35.5. The topological polar surface area (TPSA) is 191 Å². The summed E-state index contributed by atoms with van der Waals surface area (Å²) in [7, 11) is 5.76. The van der Waals surface area contributed by atoms with Crippen LogP contribution in [0.15, 0.2) is 108 Å². The van der Waals surface area contributed by atoms with Crippen LogP contribution < -0.4 is 40.7 Å². The van der Waals surface area contributed by atoms with Gasteiger partial charge in [-0.15, -0.1) is 0 Å². The molecule has 76 heavy (non-hydrogen) atoms. The molecule has 0 fully saturated rings. The van der Waals surface area contributed by atoms with E-state index < -0.39 is 34.6 Å². The average molecular weight is 1120 g/mol. The number of halogens is 6. The first-order valence-corrected chi connectivity index (χ1v) is 24.5. The smallest absolute Gasteiger partial charge is 0.260 e. The van der Waals surface area contributed by atoms with Crippen LogP contribution in [0.25, 0.3) is 67.1 Å². The van der Waals surface area contributed by atoms with Gasteiger partial charge in [0, 0.05) is 70.9 Å². The molecule has 2 N–H and O–H groups in total. The number of methoxy groups -OCH3 is 4. The number of fused-ring (bicyclic) bond motifs is 2. The van der Waals surface area contributed by atoms with E-state index in [2.05, 4.69) is 43.7 Å². The summed E-state index contributed by atoms with van der Waals surface area (Å²) in [6.07, 6.45) is 5.15. The SMILES string of the molecule is C=CC(=O)Nc1ccc(F)c(-c2ncc3cc(-c4c(Cl)c(OC)cc(OC)c4Cl)c(=O)n(CC)c3n2)c1.C=CC(=O)Nc1ccc(F)c(-c2ncc3cc(-c4c(Cl)c(OC)cc(OC)c4Cl)c(=O)n(CC)c3n2)c1.CC. The number of anilines is 2. The lowest BCUT2D eigenvalue weighted by Gasteiger charge is -2.16. The molecule has 8 aromatic rings. The van der Waals surface area contributed by atoms with Crippen molar-refractivity contribution in [3.8, 4) is 68.0 Å². The van der Waals surface area contributed by atoms with Gasteiger partial charge in [-0.3, -0.25) is 28.3 Å². The second-order valence-corrected chi connectivity index (χ2v) is 17.0. The molecule has 4 aromatic carbocycles. The molecule has 0 radical (unpaired) electrons. The van der Waals surface area contributed by atoms with Gasteiger partial charge in [0.1, 0.15) is 45.9 Å². The fourth-order valence-corrected chi connectivity index (χ4v) is 9.11. The number of amides is 2. The lowest BCUT2D eigenvalue weighted by atomic mass is 10.0. The van der Waals surface area contributed by atoms with E-state index in [1.54, 1.807) is 26.0 Å². The lowest BCUT2D eigenvalue weighted by Crippen LogP contribution is -2.22. The predicted octanol–water partition coefficient (Wildman–Crippen LogP) is 12.5. The summed E-state index contributed by atoms with van der Waals surface area (Å²) in [5, 5.41) is 6.70. The van der Waals surface area contributed by atoms with Crippen molar-refractivity contribution in [1.29, 1.82) is 0 Å². The first-order chi connectivity index (χ1) is 36.5. The molecule has 0 spiro atoms. The maximum Gasteiger partial charge on any atom is 0.260 e. The quantitative estimate of drug-likeness (QED) is 0.0981. The number of nitrogens with zero attached hydrogens (tertiary/aromatic N) is 6. The number of pyridine rings is 2. The highest BCUT2D eigenvalue weighted by Gasteiger charge is 2.26. The van der Waals surface area contributed by atoms with Crippen molar-refractivity contribution < 1.29 is 37.3 Å². The molecule has 16 nitrogen and oxygen atoms in total. The van der Waals surface area contributed by atoms with Gasteiger partial charge in [0.15, 0.2) is 11.6 Å². The number of ether oxygens (including phenoxy) is 4. The summed E-state index contributed by atoms with van der Waals surface area (Å²) in [4.78, 5) is 68.2. The number of carbonyl (C=O) groups is 2. The molecule has 0 saturated carbocycles. The molecule has 0 unspecified atom stereocenters. The summed E-state index contributed by atoms with van der Waals surface area (Å²) < 4.78 is 53.6. The van der Waals surface area contributed by atoms with Gasteiger partial charge in [0.25, 0.3) is 11.1 Å². The van der Waals surface area contributed by atoms with E-state index in [9.17, 15) is 28.0 Å². The Kier molecular flexibility index (Phi) is 18.9. The van der Waals surface area contributed by atoms with E-state index in [-0.39, 0.29) is 113 Å². The van der Waals surface area contributed by atoms with Crippen LogP contribution in [-0.4, -0.2) is 69.3 Å². The molecule has 4 aromatic heterocycles. The molecule has 8 rings (SSSR count). The molecule has 394 valence electrons. The van der Waals surface area contributed by atoms with Crippen LogP contribution in [0, 0.1) is 11.6 Å². The summed E-state index contributed by atoms with van der Waals surface area (Å²) in [6.45, 7) is 14.8. The highest BCUT2D eigenvalue weighted by Crippen LogP contribution is 2.47. The number of benzene rings is 4. The number of hydrogen-bond donors (Lipinski definition) is 2. The van der Waals surface area contributed by atoms with E-state index in [4.69, 9.17) is 65.4 Å². The summed E-state index contributed by atoms with van der Waals surface area (Å²) in [5.74, 6) is -0.887. The zero-order valence-electron chi connectivity index (χ0n) is 42.1. The van der Waals surface area contributed by atoms with Gasteiger partial charge in [-0.2, -0.15) is 0 Å². The molecule has 0 aliphatic heterocycles. The van der Waals surface area contributed by atoms with E-state index in [0.29, 0.717) is 22.1 Å². The summed E-state index contributed by atoms with van der Waals surface area (Å²) in [5.41, 5.74) is 1.36. The molecule has 0 aliphatic rings. The minimum atomic E-state index is -0.597. The van der Waals surface area contributed by atoms with Crippen LogP contribution in [0.3, 0.4) is 0 Å². The standard InChI is InChI=1S/2C26H21Cl2FN4O4.C2H6/c2*1-5-20(34)31-14-7-8-17(29)15(10-14)24-30-12-13-9-16(26(35)33(6-2)25(13)32-24)21-22(27)18(36-3)11-19(37-4)23(21)28;1-2/h2*5,7-12H,1,6H2,2-4H3,(H,31,34);1-2H3. The van der Waals surface area contributed by atoms with Crippen molar-refractivity contribution in [3.05, 3.63) is 151 Å². The van der Waals surface area contributed by atoms with Crippen molar-refractivity contribution in [2.24, 2.45) is 0 Å². The maximum absolute atomic E-state index is 14.7. The van der Waals surface area contributed by atoms with Gasteiger partial charge >= 0.3 is 0 Å². The molecular formula is C54H48Cl4F2N8O8. The van der Waals surface area contributed by atoms with Gasteiger partial charge in [-0.1, -0.05) is 73.4 Å². The van der Waals surface area contributed by atoms with Crippen molar-refractivity contribution in [2.75, 3.05) is 39.1 Å². The third-order valence-electron chi connectivity index (χ3n) is 11.3. The summed E-state index contributed by atoms with van der Waals surface area (Å²) in [6, 6.07) is 14.2. The Balaban J connectivity index is 0.000000239. The molecular weight excluding hydrogens is 1070 g/mol. The van der Waals surface area contributed by atoms with Crippen molar-refractivity contribution in [2.45, 2.75) is 40.8 Å². The van der Waals surface area contributed by atoms with E-state index >= 15 is 0 Å². The lowest BCUT2D eigenvalue weighted by molar-refractivity contribution is -0.112. The van der Waals surface area contributed by atoms with Crippen LogP contribution in [0.5, 0.6) is 23.0 Å². The normalized spacial score (nSPS) is 10.7. The number of aromatic nitrogens is 6. The van der Waals surface area contributed by atoms with E-state index in [1.165, 1.54) is 98.5 Å². The molecule has 0 aliphatic carbocycles. The van der Waals surface area contributed by atoms with Gasteiger partial charge in [-0.25, -0.2) is 28.7 Å². The number of aryl methyl sites for hydroxylation is 2. The Morgan fingerprint density at radius 3 is 1.18 bits per heavy atom. The van der Waals surface area contributed by atoms with E-state index in [0.717, 1.165) is 12.2 Å². The van der Waals surface area contributed by atoms with Crippen molar-refractivity contribution >= 4 is 91.7 Å². The van der Waals surface area contributed by atoms with Crippen molar-refractivity contribution in [3.63, 3.8) is 0 Å². The van der Waals surface area contributed by atoms with Crippen LogP contribution >= 0.6 is 46.4 Å². The Morgan fingerprint density at radius 1 is 0.566 bits per heavy atom. The Morgan fingerprint density at radius 2 is 0.895 bits per heavy atom. The van der Waals surface area contributed by atoms with Gasteiger partial charge in [0.2, 0.25) is 11.8 Å². The van der Waals surface area contributed by atoms with Crippen LogP contribution in [0.4, 0.5) is 20.2 Å². The van der Waals surface area contributed by atoms with Gasteiger partial charge in [0.05, 0.1) is 70.8 Å². The van der Waals surface area contributed by atoms with Crippen molar-refractivity contribution in [1.82, 2.24) is 29.1 Å². The molecule has 2 amide bonds. The predicted molar refractivity (Wildman–Crippen MR) is 296 cm³/mol. The number of rotatable bonds is 14. The molecule has 0 saturated heterocycles. The molecule has 0 atom stereocenters. The minimum absolute atomic E-state index is 0.0353. The zero-order chi connectivity index (χ0) is 55.7. The third-order valence-corrected chi connectivity index (χ3v) is 12.8. The molecule has 22 heteroatoms. The second kappa shape index (κ2) is 25.1. The second-order valence-electron chi connectivity index (χ2n) is 15.5. The van der Waals surface area contributed by atoms with E-state index in [1.807, 2.05) is 13.8 Å². The maximum atomic E-state index is 14.7. The average Bonchev–Trinajstić information content (AvgIpc) is 3.45. The summed E-state index contributed by atoms with van der Waals surface area (Å²) >= 11 is 26.2. The van der Waals surface area contributed by atoms with Crippen LogP contribution in [0.2, 0.25) is 20.1 Å². The van der Waals surface area contributed by atoms with Crippen LogP contribution in [0.1, 0.15) is 27.7 Å². The first kappa shape index (κ1) is 57.4. The fourth-order valence-electron chi connectivity index (χ4n) is 7.70. The monoisotopic (exact) mass is 1110 g/mol. The highest BCUT2D eigenvalue weighted by molar-refractivity contribution is 6.42. The zero-order valence-corrected chi connectivity index (χ0v) is 45.2. The molecule has 4 heterocycles. The van der Waals surface area contributed by atoms with Crippen LogP contribution in [-0.2, 0) is 22.7 Å². The Hall–Kier alpha value is -7.90. The first-order valence-electron chi connectivity index (χ1n) is 23.0. The van der Waals surface area contributed by atoms with Gasteiger partial charge < -0.3 is 29.6 Å². The minimum Gasteiger partial charge on any atom is -0.495 e. The Bertz CT molecular complexity index is 3430. The largest absolute Gasteiger partial charge is 0.495 e. The fraction of sp³-hybridized carbons (Fsp3) is 0.185. The number of carbonyl (C=O) groups excluding carboxylic acids is 2. The number of hydrogen-bond acceptors (Lipinski definition) is 12. The number of nitrogens with one attached hydrogen (secondary N) is 2.